The van der Waals surface area contributed by atoms with Gasteiger partial charge in [-0.3, -0.25) is 4.79 Å². The zero-order valence-corrected chi connectivity index (χ0v) is 12.9. The summed E-state index contributed by atoms with van der Waals surface area (Å²) in [7, 11) is 0. The van der Waals surface area contributed by atoms with Crippen LogP contribution in [0, 0.1) is 5.82 Å². The van der Waals surface area contributed by atoms with E-state index in [2.05, 4.69) is 20.9 Å². The van der Waals surface area contributed by atoms with Crippen LogP contribution in [0.3, 0.4) is 0 Å². The fourth-order valence-corrected chi connectivity index (χ4v) is 2.42. The standard InChI is InChI=1S/C16H14BrFN2O/c17-12-3-8-15(19-9-12)16(21)20(14-6-7-14)10-11-1-4-13(18)5-2-11/h1-5,8-9,14H,6-7,10H2. The highest BCUT2D eigenvalue weighted by Crippen LogP contribution is 2.29. The van der Waals surface area contributed by atoms with E-state index < -0.39 is 0 Å². The Kier molecular flexibility index (Phi) is 4.01. The number of hydrogen-bond acceptors (Lipinski definition) is 2. The molecule has 1 heterocycles. The number of aromatic nitrogens is 1. The molecule has 0 N–H and O–H groups in total. The van der Waals surface area contributed by atoms with E-state index in [1.165, 1.54) is 12.1 Å². The molecular weight excluding hydrogens is 335 g/mol. The molecule has 1 amide bonds. The van der Waals surface area contributed by atoms with Crippen LogP contribution in [-0.2, 0) is 6.54 Å². The Hall–Kier alpha value is -1.75. The Morgan fingerprint density at radius 3 is 2.52 bits per heavy atom. The lowest BCUT2D eigenvalue weighted by molar-refractivity contribution is 0.0724. The summed E-state index contributed by atoms with van der Waals surface area (Å²) < 4.78 is 13.8. The predicted octanol–water partition coefficient (Wildman–Crippen LogP) is 3.79. The molecule has 1 saturated carbocycles. The Bertz CT molecular complexity index is 638. The van der Waals surface area contributed by atoms with Crippen LogP contribution in [0.25, 0.3) is 0 Å². The second-order valence-electron chi connectivity index (χ2n) is 5.15. The molecule has 21 heavy (non-hydrogen) atoms. The SMILES string of the molecule is O=C(c1ccc(Br)cn1)N(Cc1ccc(F)cc1)C1CC1. The quantitative estimate of drug-likeness (QED) is 0.842. The van der Waals surface area contributed by atoms with Crippen molar-refractivity contribution in [3.8, 4) is 0 Å². The molecule has 2 aromatic rings. The van der Waals surface area contributed by atoms with Gasteiger partial charge in [-0.05, 0) is 58.6 Å². The maximum Gasteiger partial charge on any atom is 0.272 e. The summed E-state index contributed by atoms with van der Waals surface area (Å²) in [4.78, 5) is 18.6. The van der Waals surface area contributed by atoms with E-state index in [0.29, 0.717) is 12.2 Å². The molecule has 1 aromatic heterocycles. The molecular formula is C16H14BrFN2O. The number of halogens is 2. The maximum atomic E-state index is 13.0. The third-order valence-electron chi connectivity index (χ3n) is 3.46. The lowest BCUT2D eigenvalue weighted by Gasteiger charge is -2.22. The Labute approximate surface area is 130 Å². The van der Waals surface area contributed by atoms with Crippen LogP contribution in [0.1, 0.15) is 28.9 Å². The molecule has 1 aromatic carbocycles. The molecule has 1 aliphatic carbocycles. The average Bonchev–Trinajstić information content (AvgIpc) is 3.31. The zero-order chi connectivity index (χ0) is 14.8. The number of rotatable bonds is 4. The Balaban J connectivity index is 1.79. The van der Waals surface area contributed by atoms with Crippen molar-refractivity contribution in [2.45, 2.75) is 25.4 Å². The Morgan fingerprint density at radius 2 is 1.95 bits per heavy atom. The van der Waals surface area contributed by atoms with Gasteiger partial charge in [0.1, 0.15) is 11.5 Å². The summed E-state index contributed by atoms with van der Waals surface area (Å²) in [6.45, 7) is 0.488. The van der Waals surface area contributed by atoms with Crippen molar-refractivity contribution in [2.24, 2.45) is 0 Å². The molecule has 0 radical (unpaired) electrons. The Morgan fingerprint density at radius 1 is 1.24 bits per heavy atom. The monoisotopic (exact) mass is 348 g/mol. The molecule has 0 spiro atoms. The van der Waals surface area contributed by atoms with Crippen molar-refractivity contribution in [3.63, 3.8) is 0 Å². The van der Waals surface area contributed by atoms with Crippen LogP contribution >= 0.6 is 15.9 Å². The summed E-state index contributed by atoms with van der Waals surface area (Å²) in [6, 6.07) is 10.1. The highest BCUT2D eigenvalue weighted by Gasteiger charge is 2.33. The molecule has 0 saturated heterocycles. The summed E-state index contributed by atoms with van der Waals surface area (Å²) in [5, 5.41) is 0. The van der Waals surface area contributed by atoms with Crippen LogP contribution in [0.2, 0.25) is 0 Å². The van der Waals surface area contributed by atoms with E-state index >= 15 is 0 Å². The van der Waals surface area contributed by atoms with Crippen molar-refractivity contribution in [1.29, 1.82) is 0 Å². The highest BCUT2D eigenvalue weighted by atomic mass is 79.9. The number of amides is 1. The van der Waals surface area contributed by atoms with Crippen molar-refractivity contribution >= 4 is 21.8 Å². The van der Waals surface area contributed by atoms with Crippen LogP contribution < -0.4 is 0 Å². The van der Waals surface area contributed by atoms with E-state index in [9.17, 15) is 9.18 Å². The first-order valence-electron chi connectivity index (χ1n) is 6.80. The van der Waals surface area contributed by atoms with E-state index in [4.69, 9.17) is 0 Å². The fraction of sp³-hybridized carbons (Fsp3) is 0.250. The summed E-state index contributed by atoms with van der Waals surface area (Å²) >= 11 is 3.31. The largest absolute Gasteiger partial charge is 0.330 e. The number of hydrogen-bond donors (Lipinski definition) is 0. The molecule has 3 nitrogen and oxygen atoms in total. The van der Waals surface area contributed by atoms with Crippen LogP contribution in [0.4, 0.5) is 4.39 Å². The lowest BCUT2D eigenvalue weighted by atomic mass is 10.2. The molecule has 108 valence electrons. The molecule has 3 rings (SSSR count). The minimum atomic E-state index is -0.266. The first-order chi connectivity index (χ1) is 10.1. The first kappa shape index (κ1) is 14.2. The van der Waals surface area contributed by atoms with Gasteiger partial charge in [-0.1, -0.05) is 12.1 Å². The fourth-order valence-electron chi connectivity index (χ4n) is 2.19. The van der Waals surface area contributed by atoms with E-state index in [1.54, 1.807) is 24.4 Å². The number of pyridine rings is 1. The topological polar surface area (TPSA) is 33.2 Å². The maximum absolute atomic E-state index is 13.0. The molecule has 0 atom stereocenters. The number of nitrogens with zero attached hydrogens (tertiary/aromatic N) is 2. The molecule has 1 fully saturated rings. The third-order valence-corrected chi connectivity index (χ3v) is 3.93. The summed E-state index contributed by atoms with van der Waals surface area (Å²) in [5.74, 6) is -0.341. The highest BCUT2D eigenvalue weighted by molar-refractivity contribution is 9.10. The normalized spacial score (nSPS) is 14.0. The molecule has 0 aliphatic heterocycles. The summed E-state index contributed by atoms with van der Waals surface area (Å²) in [6.07, 6.45) is 3.66. The van der Waals surface area contributed by atoms with Gasteiger partial charge in [0.25, 0.3) is 5.91 Å². The van der Waals surface area contributed by atoms with Gasteiger partial charge >= 0.3 is 0 Å². The number of carbonyl (C=O) groups excluding carboxylic acids is 1. The number of carbonyl (C=O) groups is 1. The van der Waals surface area contributed by atoms with E-state index in [1.807, 2.05) is 11.0 Å². The molecule has 5 heteroatoms. The second-order valence-corrected chi connectivity index (χ2v) is 6.07. The van der Waals surface area contributed by atoms with Gasteiger partial charge in [0, 0.05) is 23.3 Å². The van der Waals surface area contributed by atoms with Gasteiger partial charge in [0.15, 0.2) is 0 Å². The molecule has 0 bridgehead atoms. The third kappa shape index (κ3) is 3.47. The van der Waals surface area contributed by atoms with Gasteiger partial charge in [-0.15, -0.1) is 0 Å². The van der Waals surface area contributed by atoms with Gasteiger partial charge < -0.3 is 4.90 Å². The lowest BCUT2D eigenvalue weighted by Crippen LogP contribution is -2.33. The van der Waals surface area contributed by atoms with E-state index in [0.717, 1.165) is 22.9 Å². The van der Waals surface area contributed by atoms with Crippen LogP contribution in [0.15, 0.2) is 47.1 Å². The summed E-state index contributed by atoms with van der Waals surface area (Å²) in [5.41, 5.74) is 1.36. The molecule has 0 unspecified atom stereocenters. The van der Waals surface area contributed by atoms with Crippen molar-refractivity contribution in [1.82, 2.24) is 9.88 Å². The van der Waals surface area contributed by atoms with Crippen LogP contribution in [0.5, 0.6) is 0 Å². The van der Waals surface area contributed by atoms with Crippen LogP contribution in [-0.4, -0.2) is 21.8 Å². The number of benzene rings is 1. The van der Waals surface area contributed by atoms with Crippen molar-refractivity contribution in [2.75, 3.05) is 0 Å². The predicted molar refractivity (Wildman–Crippen MR) is 81.2 cm³/mol. The smallest absolute Gasteiger partial charge is 0.272 e. The van der Waals surface area contributed by atoms with E-state index in [-0.39, 0.29) is 17.8 Å². The van der Waals surface area contributed by atoms with Gasteiger partial charge in [-0.25, -0.2) is 9.37 Å². The van der Waals surface area contributed by atoms with Crippen molar-refractivity contribution < 1.29 is 9.18 Å². The van der Waals surface area contributed by atoms with Gasteiger partial charge in [0.2, 0.25) is 0 Å². The minimum Gasteiger partial charge on any atom is -0.330 e. The first-order valence-corrected chi connectivity index (χ1v) is 7.60. The van der Waals surface area contributed by atoms with Gasteiger partial charge in [0.05, 0.1) is 0 Å². The molecule has 1 aliphatic rings. The minimum absolute atomic E-state index is 0.0747. The van der Waals surface area contributed by atoms with Gasteiger partial charge in [-0.2, -0.15) is 0 Å². The average molecular weight is 349 g/mol. The second kappa shape index (κ2) is 5.93. The zero-order valence-electron chi connectivity index (χ0n) is 11.3. The van der Waals surface area contributed by atoms with Crippen molar-refractivity contribution in [3.05, 3.63) is 64.1 Å².